The Hall–Kier alpha value is -5.10. The standard InChI is InChI=1S/C37H41N3O12S2/c1-4-40-32(42)31(41)30(33(43)44)38-34(40)37(39-35(45)50-22-27-8-6-5-7-9-27)20-18-36(19-21-37,23-51-53(46,47)28-14-10-25(2)11-15-28)24-52-54(48,49)29-16-12-26(3)13-17-29/h5-17,41H,4,18-24H2,1-3H3,(H,39,45)(H,43,44). The summed E-state index contributed by atoms with van der Waals surface area (Å²) in [6, 6.07) is 20.7. The Morgan fingerprint density at radius 1 is 0.815 bits per heavy atom. The van der Waals surface area contributed by atoms with Crippen LogP contribution in [0.1, 0.15) is 65.6 Å². The molecule has 0 bridgehead atoms. The zero-order valence-electron chi connectivity index (χ0n) is 29.9. The van der Waals surface area contributed by atoms with Crippen molar-refractivity contribution in [1.29, 1.82) is 0 Å². The maximum atomic E-state index is 13.4. The summed E-state index contributed by atoms with van der Waals surface area (Å²) in [6.45, 7) is 3.85. The maximum absolute atomic E-state index is 13.4. The third-order valence-corrected chi connectivity index (χ3v) is 12.0. The van der Waals surface area contributed by atoms with Gasteiger partial charge in [-0.2, -0.15) is 16.8 Å². The van der Waals surface area contributed by atoms with Gasteiger partial charge in [0.1, 0.15) is 18.0 Å². The summed E-state index contributed by atoms with van der Waals surface area (Å²) in [5, 5.41) is 23.0. The quantitative estimate of drug-likeness (QED) is 0.147. The molecule has 3 N–H and O–H groups in total. The van der Waals surface area contributed by atoms with E-state index in [2.05, 4.69) is 10.3 Å². The van der Waals surface area contributed by atoms with Gasteiger partial charge in [0.25, 0.3) is 25.8 Å². The monoisotopic (exact) mass is 783 g/mol. The Morgan fingerprint density at radius 2 is 1.31 bits per heavy atom. The van der Waals surface area contributed by atoms with Crippen LogP contribution in [0.3, 0.4) is 0 Å². The third-order valence-electron chi connectivity index (χ3n) is 9.47. The molecule has 1 amide bonds. The second-order valence-corrected chi connectivity index (χ2v) is 16.5. The number of ether oxygens (including phenoxy) is 1. The Kier molecular flexibility index (Phi) is 12.0. The number of carboxylic acids is 1. The van der Waals surface area contributed by atoms with E-state index in [0.29, 0.717) is 5.56 Å². The number of nitrogens with one attached hydrogen (secondary N) is 1. The highest BCUT2D eigenvalue weighted by atomic mass is 32.2. The Balaban J connectivity index is 1.53. The molecule has 54 heavy (non-hydrogen) atoms. The van der Waals surface area contributed by atoms with E-state index in [4.69, 9.17) is 13.1 Å². The van der Waals surface area contributed by atoms with Gasteiger partial charge < -0.3 is 20.3 Å². The molecular weight excluding hydrogens is 743 g/mol. The van der Waals surface area contributed by atoms with Crippen molar-refractivity contribution in [3.05, 3.63) is 117 Å². The topological polar surface area (TPSA) is 217 Å². The van der Waals surface area contributed by atoms with Crippen molar-refractivity contribution < 1.29 is 49.7 Å². The summed E-state index contributed by atoms with van der Waals surface area (Å²) in [4.78, 5) is 42.8. The van der Waals surface area contributed by atoms with Gasteiger partial charge >= 0.3 is 12.1 Å². The average Bonchev–Trinajstić information content (AvgIpc) is 3.15. The number of hydrogen-bond acceptors (Lipinski definition) is 12. The summed E-state index contributed by atoms with van der Waals surface area (Å²) in [7, 11) is -8.68. The zero-order chi connectivity index (χ0) is 39.3. The Morgan fingerprint density at radius 3 is 1.78 bits per heavy atom. The normalized spacial score (nSPS) is 15.3. The first-order valence-electron chi connectivity index (χ1n) is 17.0. The lowest BCUT2D eigenvalue weighted by molar-refractivity contribution is 0.0134. The molecule has 3 aromatic carbocycles. The van der Waals surface area contributed by atoms with Gasteiger partial charge in [-0.3, -0.25) is 17.7 Å². The second-order valence-electron chi connectivity index (χ2n) is 13.3. The fourth-order valence-electron chi connectivity index (χ4n) is 6.20. The number of aromatic nitrogens is 2. The third kappa shape index (κ3) is 8.98. The molecule has 1 heterocycles. The molecule has 0 atom stereocenters. The first-order chi connectivity index (χ1) is 25.5. The number of carboxylic acid groups (broad SMARTS) is 1. The van der Waals surface area contributed by atoms with Gasteiger partial charge in [0.2, 0.25) is 5.75 Å². The van der Waals surface area contributed by atoms with E-state index in [-0.39, 0.29) is 54.5 Å². The summed E-state index contributed by atoms with van der Waals surface area (Å²) in [6.07, 6.45) is -1.40. The highest BCUT2D eigenvalue weighted by molar-refractivity contribution is 7.87. The van der Waals surface area contributed by atoms with E-state index in [1.54, 1.807) is 75.4 Å². The molecule has 5 rings (SSSR count). The molecule has 0 aliphatic heterocycles. The number of rotatable bonds is 14. The molecule has 15 nitrogen and oxygen atoms in total. The highest BCUT2D eigenvalue weighted by Crippen LogP contribution is 2.47. The molecule has 0 radical (unpaired) electrons. The number of carbonyl (C=O) groups excluding carboxylic acids is 1. The van der Waals surface area contributed by atoms with Crippen LogP contribution in [0.4, 0.5) is 4.79 Å². The smallest absolute Gasteiger partial charge is 0.408 e. The fourth-order valence-corrected chi connectivity index (χ4v) is 8.22. The number of nitrogens with zero attached hydrogens (tertiary/aromatic N) is 2. The van der Waals surface area contributed by atoms with Crippen molar-refractivity contribution in [2.75, 3.05) is 13.2 Å². The molecule has 1 fully saturated rings. The van der Waals surface area contributed by atoms with Crippen molar-refractivity contribution in [2.45, 2.75) is 74.9 Å². The molecule has 1 aromatic heterocycles. The number of amides is 1. The molecule has 0 saturated heterocycles. The van der Waals surface area contributed by atoms with Gasteiger partial charge in [-0.25, -0.2) is 14.6 Å². The lowest BCUT2D eigenvalue weighted by Crippen LogP contribution is -2.54. The second kappa shape index (κ2) is 16.1. The number of carbonyl (C=O) groups is 2. The van der Waals surface area contributed by atoms with Crippen LogP contribution in [0.5, 0.6) is 5.75 Å². The van der Waals surface area contributed by atoms with Gasteiger partial charge in [-0.1, -0.05) is 65.7 Å². The van der Waals surface area contributed by atoms with Gasteiger partial charge in [0, 0.05) is 12.0 Å². The van der Waals surface area contributed by atoms with Crippen LogP contribution < -0.4 is 10.9 Å². The summed E-state index contributed by atoms with van der Waals surface area (Å²) >= 11 is 0. The van der Waals surface area contributed by atoms with Gasteiger partial charge in [0.05, 0.1) is 23.0 Å². The predicted octanol–water partition coefficient (Wildman–Crippen LogP) is 4.78. The van der Waals surface area contributed by atoms with Gasteiger partial charge in [0.15, 0.2) is 5.69 Å². The molecule has 1 aliphatic rings. The molecule has 17 heteroatoms. The highest BCUT2D eigenvalue weighted by Gasteiger charge is 2.49. The molecule has 1 saturated carbocycles. The van der Waals surface area contributed by atoms with E-state index in [0.717, 1.165) is 15.7 Å². The zero-order valence-corrected chi connectivity index (χ0v) is 31.5. The lowest BCUT2D eigenvalue weighted by atomic mass is 9.67. The minimum absolute atomic E-state index is 0.0817. The number of alkyl carbamates (subject to hydrolysis) is 1. The van der Waals surface area contributed by atoms with Crippen molar-refractivity contribution in [3.8, 4) is 5.75 Å². The fraction of sp³-hybridized carbons (Fsp3) is 0.351. The molecule has 4 aromatic rings. The summed E-state index contributed by atoms with van der Waals surface area (Å²) in [5.41, 5.74) is -2.64. The van der Waals surface area contributed by atoms with E-state index in [9.17, 15) is 41.4 Å². The van der Waals surface area contributed by atoms with E-state index >= 15 is 0 Å². The van der Waals surface area contributed by atoms with Crippen molar-refractivity contribution in [1.82, 2.24) is 14.9 Å². The van der Waals surface area contributed by atoms with Gasteiger partial charge in [-0.05, 0) is 76.3 Å². The van der Waals surface area contributed by atoms with Gasteiger partial charge in [-0.15, -0.1) is 0 Å². The molecule has 1 aliphatic carbocycles. The van der Waals surface area contributed by atoms with E-state index < -0.39 is 73.5 Å². The first-order valence-corrected chi connectivity index (χ1v) is 19.8. The number of aromatic hydroxyl groups is 1. The maximum Gasteiger partial charge on any atom is 0.408 e. The number of aromatic carboxylic acids is 1. The van der Waals surface area contributed by atoms with Crippen LogP contribution in [0.15, 0.2) is 93.4 Å². The molecule has 0 unspecified atom stereocenters. The van der Waals surface area contributed by atoms with E-state index in [1.165, 1.54) is 24.3 Å². The number of hydrogen-bond donors (Lipinski definition) is 3. The average molecular weight is 784 g/mol. The summed E-state index contributed by atoms with van der Waals surface area (Å²) in [5.74, 6) is -2.98. The summed E-state index contributed by atoms with van der Waals surface area (Å²) < 4.78 is 71.0. The van der Waals surface area contributed by atoms with Crippen LogP contribution in [0, 0.1) is 19.3 Å². The Labute approximate surface area is 312 Å². The van der Waals surface area contributed by atoms with Crippen molar-refractivity contribution in [3.63, 3.8) is 0 Å². The molecular formula is C37H41N3O12S2. The Bertz CT molecular complexity index is 2190. The van der Waals surface area contributed by atoms with Crippen LogP contribution in [0.25, 0.3) is 0 Å². The largest absolute Gasteiger partial charge is 0.501 e. The van der Waals surface area contributed by atoms with Crippen LogP contribution in [-0.4, -0.2) is 61.9 Å². The minimum atomic E-state index is -4.34. The van der Waals surface area contributed by atoms with Crippen LogP contribution in [0.2, 0.25) is 0 Å². The number of aryl methyl sites for hydroxylation is 2. The van der Waals surface area contributed by atoms with E-state index in [1.807, 2.05) is 0 Å². The molecule has 288 valence electrons. The van der Waals surface area contributed by atoms with Crippen LogP contribution in [-0.2, 0) is 52.0 Å². The lowest BCUT2D eigenvalue weighted by Gasteiger charge is -2.46. The predicted molar refractivity (Wildman–Crippen MR) is 194 cm³/mol. The van der Waals surface area contributed by atoms with Crippen molar-refractivity contribution >= 4 is 32.3 Å². The first kappa shape index (κ1) is 40.1. The van der Waals surface area contributed by atoms with Crippen LogP contribution >= 0.6 is 0 Å². The van der Waals surface area contributed by atoms with Crippen molar-refractivity contribution in [2.24, 2.45) is 5.41 Å². The molecule has 0 spiro atoms. The minimum Gasteiger partial charge on any atom is -0.501 e. The number of benzene rings is 3. The SMILES string of the molecule is CCn1c(C2(NC(=O)OCc3ccccc3)CCC(COS(=O)(=O)c3ccc(C)cc3)(COS(=O)(=O)c3ccc(C)cc3)CC2)nc(C(=O)O)c(O)c1=O.